The van der Waals surface area contributed by atoms with Crippen molar-refractivity contribution in [3.63, 3.8) is 0 Å². The minimum absolute atomic E-state index is 0.193. The molecule has 2 fully saturated rings. The Morgan fingerprint density at radius 1 is 1.29 bits per heavy atom. The van der Waals surface area contributed by atoms with Gasteiger partial charge in [0, 0.05) is 24.2 Å². The van der Waals surface area contributed by atoms with E-state index in [4.69, 9.17) is 0 Å². The van der Waals surface area contributed by atoms with Gasteiger partial charge in [-0.05, 0) is 44.9 Å². The second-order valence-electron chi connectivity index (χ2n) is 5.30. The van der Waals surface area contributed by atoms with E-state index in [-0.39, 0.29) is 11.7 Å². The van der Waals surface area contributed by atoms with Crippen molar-refractivity contribution in [2.24, 2.45) is 5.92 Å². The van der Waals surface area contributed by atoms with Crippen LogP contribution in [0.1, 0.15) is 36.2 Å². The largest absolute Gasteiger partial charge is 0.300 e. The van der Waals surface area contributed by atoms with Gasteiger partial charge in [0.2, 0.25) is 0 Å². The number of carbonyl (C=O) groups excluding carboxylic acids is 1. The van der Waals surface area contributed by atoms with Crippen molar-refractivity contribution >= 4 is 5.78 Å². The molecule has 0 aromatic carbocycles. The zero-order valence-corrected chi connectivity index (χ0v) is 10.2. The molecule has 1 aromatic rings. The molecule has 0 amide bonds. The third-order valence-corrected chi connectivity index (χ3v) is 4.39. The number of nitrogens with zero attached hydrogens (tertiary/aromatic N) is 2. The molecule has 3 rings (SSSR count). The summed E-state index contributed by atoms with van der Waals surface area (Å²) in [5.41, 5.74) is 0.640. The van der Waals surface area contributed by atoms with Gasteiger partial charge in [-0.15, -0.1) is 0 Å². The molecule has 1 aromatic heterocycles. The summed E-state index contributed by atoms with van der Waals surface area (Å²) in [5, 5.41) is 0. The Balaban J connectivity index is 1.77. The molecule has 3 heterocycles. The lowest BCUT2D eigenvalue weighted by atomic mass is 9.86. The van der Waals surface area contributed by atoms with Crippen LogP contribution in [0.3, 0.4) is 0 Å². The third kappa shape index (κ3) is 1.89. The van der Waals surface area contributed by atoms with E-state index in [1.807, 2.05) is 18.2 Å². The maximum absolute atomic E-state index is 12.3. The minimum atomic E-state index is 0.193. The lowest BCUT2D eigenvalue weighted by Crippen LogP contribution is -2.42. The fraction of sp³-hybridized carbons (Fsp3) is 0.571. The Labute approximate surface area is 102 Å². The normalized spacial score (nSPS) is 32.6. The number of piperidine rings is 1. The summed E-state index contributed by atoms with van der Waals surface area (Å²) in [6.45, 7) is 0. The molecule has 3 heteroatoms. The average Bonchev–Trinajstić information content (AvgIpc) is 2.61. The van der Waals surface area contributed by atoms with Crippen molar-refractivity contribution in [1.29, 1.82) is 0 Å². The maximum Gasteiger partial charge on any atom is 0.184 e. The minimum Gasteiger partial charge on any atom is -0.300 e. The highest BCUT2D eigenvalue weighted by atomic mass is 16.1. The average molecular weight is 230 g/mol. The fourth-order valence-corrected chi connectivity index (χ4v) is 3.34. The smallest absolute Gasteiger partial charge is 0.184 e. The molecule has 2 aliphatic rings. The molecular weight excluding hydrogens is 212 g/mol. The molecule has 2 bridgehead atoms. The van der Waals surface area contributed by atoms with Crippen LogP contribution in [0, 0.1) is 5.92 Å². The Morgan fingerprint density at radius 3 is 2.59 bits per heavy atom. The lowest BCUT2D eigenvalue weighted by Gasteiger charge is -2.35. The van der Waals surface area contributed by atoms with Crippen molar-refractivity contribution in [2.45, 2.75) is 37.8 Å². The van der Waals surface area contributed by atoms with Gasteiger partial charge in [-0.3, -0.25) is 9.78 Å². The number of fused-ring (bicyclic) bond motifs is 2. The first-order valence-electron chi connectivity index (χ1n) is 6.43. The molecule has 3 nitrogen and oxygen atoms in total. The summed E-state index contributed by atoms with van der Waals surface area (Å²) < 4.78 is 0. The van der Waals surface area contributed by atoms with Crippen molar-refractivity contribution in [3.8, 4) is 0 Å². The Bertz CT molecular complexity index is 403. The van der Waals surface area contributed by atoms with Gasteiger partial charge >= 0.3 is 0 Å². The third-order valence-electron chi connectivity index (χ3n) is 4.39. The van der Waals surface area contributed by atoms with Gasteiger partial charge in [0.25, 0.3) is 0 Å². The van der Waals surface area contributed by atoms with Crippen molar-refractivity contribution in [3.05, 3.63) is 30.1 Å². The first kappa shape index (κ1) is 10.9. The first-order valence-corrected chi connectivity index (χ1v) is 6.43. The molecule has 0 N–H and O–H groups in total. The lowest BCUT2D eigenvalue weighted by molar-refractivity contribution is 0.0762. The highest BCUT2D eigenvalue weighted by Gasteiger charge is 2.41. The Kier molecular flexibility index (Phi) is 2.71. The summed E-state index contributed by atoms with van der Waals surface area (Å²) in [4.78, 5) is 19.0. The second-order valence-corrected chi connectivity index (χ2v) is 5.30. The molecule has 0 saturated carbocycles. The van der Waals surface area contributed by atoms with E-state index < -0.39 is 0 Å². The SMILES string of the molecule is CN1C2CCC1CC(C(=O)c1ccccn1)C2. The molecular formula is C14H18N2O. The molecule has 90 valence electrons. The van der Waals surface area contributed by atoms with Gasteiger partial charge in [0.1, 0.15) is 5.69 Å². The number of aromatic nitrogens is 1. The van der Waals surface area contributed by atoms with E-state index in [2.05, 4.69) is 16.9 Å². The summed E-state index contributed by atoms with van der Waals surface area (Å²) >= 11 is 0. The zero-order valence-electron chi connectivity index (χ0n) is 10.2. The molecule has 2 saturated heterocycles. The number of rotatable bonds is 2. The topological polar surface area (TPSA) is 33.2 Å². The summed E-state index contributed by atoms with van der Waals surface area (Å²) in [7, 11) is 2.20. The fourth-order valence-electron chi connectivity index (χ4n) is 3.34. The number of pyridine rings is 1. The van der Waals surface area contributed by atoms with E-state index in [9.17, 15) is 4.79 Å². The van der Waals surface area contributed by atoms with E-state index in [0.717, 1.165) is 12.8 Å². The monoisotopic (exact) mass is 230 g/mol. The van der Waals surface area contributed by atoms with Crippen molar-refractivity contribution in [1.82, 2.24) is 9.88 Å². The summed E-state index contributed by atoms with van der Waals surface area (Å²) in [6, 6.07) is 6.82. The Hall–Kier alpha value is -1.22. The van der Waals surface area contributed by atoms with E-state index >= 15 is 0 Å². The molecule has 0 aliphatic carbocycles. The van der Waals surface area contributed by atoms with Crippen LogP contribution in [0.4, 0.5) is 0 Å². The quantitative estimate of drug-likeness (QED) is 0.730. The van der Waals surface area contributed by atoms with Crippen LogP contribution in [0.15, 0.2) is 24.4 Å². The first-order chi connectivity index (χ1) is 8.25. The molecule has 2 unspecified atom stereocenters. The molecule has 0 spiro atoms. The summed E-state index contributed by atoms with van der Waals surface area (Å²) in [5.74, 6) is 0.439. The highest BCUT2D eigenvalue weighted by molar-refractivity contribution is 5.96. The van der Waals surface area contributed by atoms with Gasteiger partial charge in [-0.1, -0.05) is 6.07 Å². The second kappa shape index (κ2) is 4.22. The molecule has 2 aliphatic heterocycles. The number of hydrogen-bond acceptors (Lipinski definition) is 3. The molecule has 2 atom stereocenters. The Morgan fingerprint density at radius 2 is 2.00 bits per heavy atom. The van der Waals surface area contributed by atoms with Gasteiger partial charge in [-0.25, -0.2) is 0 Å². The van der Waals surface area contributed by atoms with Gasteiger partial charge in [-0.2, -0.15) is 0 Å². The van der Waals surface area contributed by atoms with Gasteiger partial charge < -0.3 is 4.90 Å². The standard InChI is InChI=1S/C14H18N2O/c1-16-11-5-6-12(16)9-10(8-11)14(17)13-4-2-3-7-15-13/h2-4,7,10-12H,5-6,8-9H2,1H3. The van der Waals surface area contributed by atoms with E-state index in [0.29, 0.717) is 17.8 Å². The van der Waals surface area contributed by atoms with Crippen LogP contribution in [0.5, 0.6) is 0 Å². The van der Waals surface area contributed by atoms with Crippen molar-refractivity contribution in [2.75, 3.05) is 7.05 Å². The molecule has 0 radical (unpaired) electrons. The van der Waals surface area contributed by atoms with Gasteiger partial charge in [0.05, 0.1) is 0 Å². The van der Waals surface area contributed by atoms with Crippen molar-refractivity contribution < 1.29 is 4.79 Å². The van der Waals surface area contributed by atoms with E-state index in [1.165, 1.54) is 12.8 Å². The number of carbonyl (C=O) groups is 1. The highest BCUT2D eigenvalue weighted by Crippen LogP contribution is 2.38. The predicted octanol–water partition coefficient (Wildman–Crippen LogP) is 2.14. The van der Waals surface area contributed by atoms with Crippen LogP contribution in [0.25, 0.3) is 0 Å². The van der Waals surface area contributed by atoms with Crippen LogP contribution in [-0.2, 0) is 0 Å². The van der Waals surface area contributed by atoms with Gasteiger partial charge in [0.15, 0.2) is 5.78 Å². The molecule has 17 heavy (non-hydrogen) atoms. The number of ketones is 1. The zero-order chi connectivity index (χ0) is 11.8. The van der Waals surface area contributed by atoms with E-state index in [1.54, 1.807) is 6.20 Å². The number of hydrogen-bond donors (Lipinski definition) is 0. The van der Waals surface area contributed by atoms with Crippen LogP contribution in [0.2, 0.25) is 0 Å². The van der Waals surface area contributed by atoms with Crippen LogP contribution < -0.4 is 0 Å². The van der Waals surface area contributed by atoms with Crippen LogP contribution >= 0.6 is 0 Å². The maximum atomic E-state index is 12.3. The predicted molar refractivity (Wildman–Crippen MR) is 65.9 cm³/mol. The van der Waals surface area contributed by atoms with Crippen LogP contribution in [-0.4, -0.2) is 34.8 Å². The number of Topliss-reactive ketones (excluding diaryl/α,β-unsaturated/α-hetero) is 1. The summed E-state index contributed by atoms with van der Waals surface area (Å²) in [6.07, 6.45) is 6.25.